The lowest BCUT2D eigenvalue weighted by Crippen LogP contribution is -2.23. The predicted molar refractivity (Wildman–Crippen MR) is 201 cm³/mol. The first-order valence-electron chi connectivity index (χ1n) is 17.2. The first kappa shape index (κ1) is 32.9. The Morgan fingerprint density at radius 1 is 1.02 bits per heavy atom. The summed E-state index contributed by atoms with van der Waals surface area (Å²) in [7, 11) is 0. The molecule has 8 nitrogen and oxygen atoms in total. The van der Waals surface area contributed by atoms with Crippen molar-refractivity contribution in [1.29, 1.82) is 0 Å². The number of rotatable bonds is 12. The van der Waals surface area contributed by atoms with Gasteiger partial charge in [0.2, 0.25) is 0 Å². The Morgan fingerprint density at radius 3 is 2.68 bits per heavy atom. The molecule has 3 N–H and O–H groups in total. The molecule has 2 aromatic carbocycles. The smallest absolute Gasteiger partial charge is 0.178 e. The van der Waals surface area contributed by atoms with E-state index in [1.54, 1.807) is 30.7 Å². The van der Waals surface area contributed by atoms with Crippen molar-refractivity contribution in [2.24, 2.45) is 0 Å². The van der Waals surface area contributed by atoms with E-state index < -0.39 is 0 Å². The molecule has 1 aliphatic heterocycles. The van der Waals surface area contributed by atoms with Gasteiger partial charge in [-0.2, -0.15) is 5.10 Å². The van der Waals surface area contributed by atoms with Crippen LogP contribution in [0.5, 0.6) is 0 Å². The molecule has 1 aliphatic rings. The average Bonchev–Trinajstić information content (AvgIpc) is 3.88. The van der Waals surface area contributed by atoms with Gasteiger partial charge in [-0.1, -0.05) is 55.6 Å². The van der Waals surface area contributed by atoms with E-state index in [1.165, 1.54) is 31.5 Å². The molecular formula is C41H41FN8. The number of likely N-dealkylation sites (tertiary alicyclic amines) is 1. The Hall–Kier alpha value is -5.67. The molecule has 9 heteroatoms. The summed E-state index contributed by atoms with van der Waals surface area (Å²) in [5.74, 6) is 0.305. The summed E-state index contributed by atoms with van der Waals surface area (Å²) in [4.78, 5) is 19.8. The summed E-state index contributed by atoms with van der Waals surface area (Å²) in [5.41, 5.74) is 9.00. The van der Waals surface area contributed by atoms with E-state index >= 15 is 0 Å². The Balaban J connectivity index is 1.15. The van der Waals surface area contributed by atoms with Crippen molar-refractivity contribution in [3.05, 3.63) is 131 Å². The molecule has 5 heterocycles. The van der Waals surface area contributed by atoms with E-state index in [0.717, 1.165) is 74.7 Å². The van der Waals surface area contributed by atoms with Crippen LogP contribution < -0.4 is 15.9 Å². The fourth-order valence-corrected chi connectivity index (χ4v) is 6.67. The Kier molecular flexibility index (Phi) is 9.75. The molecule has 1 saturated heterocycles. The zero-order valence-corrected chi connectivity index (χ0v) is 28.3. The normalized spacial score (nSPS) is 14.1. The first-order chi connectivity index (χ1) is 24.4. The summed E-state index contributed by atoms with van der Waals surface area (Å²) in [6.07, 6.45) is 14.3. The van der Waals surface area contributed by atoms with Gasteiger partial charge in [0.05, 0.1) is 22.8 Å². The topological polar surface area (TPSA) is 98.4 Å². The van der Waals surface area contributed by atoms with E-state index in [0.29, 0.717) is 23.6 Å². The summed E-state index contributed by atoms with van der Waals surface area (Å²) in [5, 5.41) is 12.8. The largest absolute Gasteiger partial charge is 0.358 e. The number of fused-ring (bicyclic) bond motifs is 1. The van der Waals surface area contributed by atoms with Gasteiger partial charge in [0, 0.05) is 40.9 Å². The maximum atomic E-state index is 14.9. The zero-order chi connectivity index (χ0) is 34.5. The number of benzene rings is 2. The van der Waals surface area contributed by atoms with Crippen molar-refractivity contribution < 1.29 is 4.39 Å². The summed E-state index contributed by atoms with van der Waals surface area (Å²) in [6, 6.07) is 19.4. The quantitative estimate of drug-likeness (QED) is 0.130. The van der Waals surface area contributed by atoms with Crippen LogP contribution >= 0.6 is 0 Å². The number of halogens is 1. The van der Waals surface area contributed by atoms with E-state index in [-0.39, 0.29) is 5.82 Å². The van der Waals surface area contributed by atoms with Crippen LogP contribution in [-0.2, 0) is 12.8 Å². The van der Waals surface area contributed by atoms with Crippen molar-refractivity contribution in [3.63, 3.8) is 0 Å². The maximum Gasteiger partial charge on any atom is 0.178 e. The van der Waals surface area contributed by atoms with Crippen molar-refractivity contribution in [2.75, 3.05) is 25.0 Å². The predicted octanol–water partition coefficient (Wildman–Crippen LogP) is 7.04. The Bertz CT molecular complexity index is 2280. The molecule has 0 radical (unpaired) electrons. The number of imidazole rings is 1. The molecule has 4 aromatic heterocycles. The van der Waals surface area contributed by atoms with Crippen LogP contribution in [-0.4, -0.2) is 54.7 Å². The molecule has 0 aliphatic carbocycles. The molecule has 7 rings (SSSR count). The molecule has 50 heavy (non-hydrogen) atoms. The fourth-order valence-electron chi connectivity index (χ4n) is 6.67. The number of pyridine rings is 2. The lowest BCUT2D eigenvalue weighted by molar-refractivity contribution is 0.334. The standard InChI is InChI=1S/C41H41FN8/c1-4-37-36(19-27(2)32-24-34(26-43-25-32)45-28(3)20-29-11-6-5-7-12-29)39(49-48-37)41-46-38-35(14-15-44-40(38)47-41)31-21-30(22-33(42)23-31)13-10-18-50-16-8-9-17-50/h4-7,11-12,14-15,19,21-26,45,48H,2-3,8-10,13,16-18,20H2,1H3,(H,44,46,47)/b36-19+,37-4+. The minimum absolute atomic E-state index is 0.247. The average molecular weight is 665 g/mol. The van der Waals surface area contributed by atoms with Gasteiger partial charge in [0.15, 0.2) is 11.5 Å². The molecule has 0 atom stereocenters. The number of nitrogens with one attached hydrogen (secondary N) is 3. The zero-order valence-electron chi connectivity index (χ0n) is 28.3. The minimum Gasteiger partial charge on any atom is -0.358 e. The van der Waals surface area contributed by atoms with Gasteiger partial charge in [0.1, 0.15) is 11.5 Å². The summed E-state index contributed by atoms with van der Waals surface area (Å²) >= 11 is 0. The molecule has 252 valence electrons. The Morgan fingerprint density at radius 2 is 1.86 bits per heavy atom. The highest BCUT2D eigenvalue weighted by molar-refractivity contribution is 5.92. The third kappa shape index (κ3) is 7.48. The molecule has 0 saturated carbocycles. The van der Waals surface area contributed by atoms with E-state index in [4.69, 9.17) is 4.98 Å². The third-order valence-electron chi connectivity index (χ3n) is 9.15. The molecule has 0 unspecified atom stereocenters. The van der Waals surface area contributed by atoms with Crippen molar-refractivity contribution >= 4 is 34.6 Å². The van der Waals surface area contributed by atoms with Crippen LogP contribution in [0.2, 0.25) is 0 Å². The van der Waals surface area contributed by atoms with Crippen molar-refractivity contribution in [1.82, 2.24) is 35.0 Å². The number of aryl methyl sites for hydroxylation is 1. The van der Waals surface area contributed by atoms with Gasteiger partial charge in [-0.05, 0) is 105 Å². The van der Waals surface area contributed by atoms with Gasteiger partial charge < -0.3 is 15.2 Å². The van der Waals surface area contributed by atoms with Crippen LogP contribution in [0.1, 0.15) is 42.9 Å². The van der Waals surface area contributed by atoms with Gasteiger partial charge >= 0.3 is 0 Å². The molecular weight excluding hydrogens is 624 g/mol. The van der Waals surface area contributed by atoms with Crippen molar-refractivity contribution in [3.8, 4) is 22.6 Å². The number of aromatic amines is 2. The monoisotopic (exact) mass is 664 g/mol. The van der Waals surface area contributed by atoms with E-state index in [9.17, 15) is 4.39 Å². The van der Waals surface area contributed by atoms with Crippen LogP contribution in [0.25, 0.3) is 51.5 Å². The lowest BCUT2D eigenvalue weighted by Gasteiger charge is -2.14. The first-order valence-corrected chi connectivity index (χ1v) is 17.2. The highest BCUT2D eigenvalue weighted by Crippen LogP contribution is 2.29. The van der Waals surface area contributed by atoms with Gasteiger partial charge in [-0.15, -0.1) is 0 Å². The highest BCUT2D eigenvalue weighted by Gasteiger charge is 2.16. The number of hydrogen-bond acceptors (Lipinski definition) is 6. The second-order valence-electron chi connectivity index (χ2n) is 12.9. The summed E-state index contributed by atoms with van der Waals surface area (Å²) in [6.45, 7) is 13.9. The number of anilines is 1. The molecule has 0 amide bonds. The number of nitrogens with zero attached hydrogens (tertiary/aromatic N) is 5. The number of hydrogen-bond donors (Lipinski definition) is 3. The van der Waals surface area contributed by atoms with Gasteiger partial charge in [-0.3, -0.25) is 10.1 Å². The summed E-state index contributed by atoms with van der Waals surface area (Å²) < 4.78 is 14.9. The highest BCUT2D eigenvalue weighted by atomic mass is 19.1. The van der Waals surface area contributed by atoms with Crippen LogP contribution in [0.3, 0.4) is 0 Å². The molecule has 6 aromatic rings. The Labute approximate surface area is 291 Å². The second kappa shape index (κ2) is 14.8. The van der Waals surface area contributed by atoms with Gasteiger partial charge in [0.25, 0.3) is 0 Å². The van der Waals surface area contributed by atoms with Crippen LogP contribution in [0, 0.1) is 5.82 Å². The maximum absolute atomic E-state index is 14.9. The van der Waals surface area contributed by atoms with Gasteiger partial charge in [-0.25, -0.2) is 14.4 Å². The number of aromatic nitrogens is 6. The minimum atomic E-state index is -0.247. The third-order valence-corrected chi connectivity index (χ3v) is 9.15. The van der Waals surface area contributed by atoms with Crippen LogP contribution in [0.15, 0.2) is 98.1 Å². The molecule has 0 bridgehead atoms. The fraction of sp³-hybridized carbons (Fsp3) is 0.220. The molecule has 1 fully saturated rings. The molecule has 0 spiro atoms. The number of allylic oxidation sites excluding steroid dienone is 2. The van der Waals surface area contributed by atoms with E-state index in [1.807, 2.05) is 49.4 Å². The lowest BCUT2D eigenvalue weighted by atomic mass is 10.0. The number of H-pyrrole nitrogens is 2. The second-order valence-corrected chi connectivity index (χ2v) is 12.9. The van der Waals surface area contributed by atoms with Crippen LogP contribution in [0.4, 0.5) is 10.1 Å². The van der Waals surface area contributed by atoms with Crippen molar-refractivity contribution in [2.45, 2.75) is 39.0 Å². The SMILES string of the molecule is C=C(Cc1ccccc1)Nc1cncc(C(=C)/C=c2/c(-c3nc4nccc(-c5cc(F)cc(CCCN6CCCC6)c5)c4[nH]3)n[nH]/c2=C/C)c1. The van der Waals surface area contributed by atoms with E-state index in [2.05, 4.69) is 66.7 Å².